The number of hydrogen-bond donors (Lipinski definition) is 1. The van der Waals surface area contributed by atoms with Crippen LogP contribution in [0.3, 0.4) is 0 Å². The van der Waals surface area contributed by atoms with E-state index in [0.29, 0.717) is 23.8 Å². The third-order valence-electron chi connectivity index (χ3n) is 4.77. The lowest BCUT2D eigenvalue weighted by Gasteiger charge is -2.25. The normalized spacial score (nSPS) is 17.7. The summed E-state index contributed by atoms with van der Waals surface area (Å²) in [4.78, 5) is 28.7. The molecule has 2 amide bonds. The van der Waals surface area contributed by atoms with Gasteiger partial charge >= 0.3 is 0 Å². The molecule has 1 aliphatic heterocycles. The molecule has 27 heavy (non-hydrogen) atoms. The molecule has 0 spiro atoms. The van der Waals surface area contributed by atoms with Gasteiger partial charge in [-0.25, -0.2) is 0 Å². The van der Waals surface area contributed by atoms with Crippen molar-refractivity contribution in [1.82, 2.24) is 5.32 Å². The fourth-order valence-corrected chi connectivity index (χ4v) is 3.63. The maximum Gasteiger partial charge on any atom is 0.227 e. The topological polar surface area (TPSA) is 52.7 Å². The number of anilines is 2. The van der Waals surface area contributed by atoms with Crippen LogP contribution in [0.2, 0.25) is 5.02 Å². The van der Waals surface area contributed by atoms with Crippen LogP contribution in [0.25, 0.3) is 0 Å². The average molecular weight is 386 g/mol. The van der Waals surface area contributed by atoms with Gasteiger partial charge in [-0.05, 0) is 31.2 Å². The van der Waals surface area contributed by atoms with Gasteiger partial charge < -0.3 is 15.1 Å². The lowest BCUT2D eigenvalue weighted by molar-refractivity contribution is -0.126. The Morgan fingerprint density at radius 2 is 1.89 bits per heavy atom. The monoisotopic (exact) mass is 385 g/mol. The van der Waals surface area contributed by atoms with Gasteiger partial charge in [0.2, 0.25) is 11.8 Å². The quantitative estimate of drug-likeness (QED) is 0.829. The highest BCUT2D eigenvalue weighted by atomic mass is 35.5. The van der Waals surface area contributed by atoms with E-state index < -0.39 is 0 Å². The predicted octanol–water partition coefficient (Wildman–Crippen LogP) is 3.33. The van der Waals surface area contributed by atoms with Crippen LogP contribution in [0, 0.1) is 5.92 Å². The van der Waals surface area contributed by atoms with Gasteiger partial charge in [0.1, 0.15) is 0 Å². The van der Waals surface area contributed by atoms with Crippen LogP contribution >= 0.6 is 11.6 Å². The first-order valence-electron chi connectivity index (χ1n) is 9.07. The van der Waals surface area contributed by atoms with E-state index in [9.17, 15) is 9.59 Å². The summed E-state index contributed by atoms with van der Waals surface area (Å²) in [7, 11) is 2.00. The molecule has 0 unspecified atom stereocenters. The van der Waals surface area contributed by atoms with Gasteiger partial charge in [-0.15, -0.1) is 0 Å². The summed E-state index contributed by atoms with van der Waals surface area (Å²) in [5, 5.41) is 3.56. The van der Waals surface area contributed by atoms with Crippen molar-refractivity contribution in [3.63, 3.8) is 0 Å². The number of hydrogen-bond acceptors (Lipinski definition) is 3. The molecule has 1 heterocycles. The molecule has 1 saturated heterocycles. The Bertz CT molecular complexity index is 812. The van der Waals surface area contributed by atoms with E-state index >= 15 is 0 Å². The molecule has 6 heteroatoms. The van der Waals surface area contributed by atoms with Crippen LogP contribution in [0.1, 0.15) is 13.3 Å². The molecule has 1 aliphatic rings. The Labute approximate surface area is 164 Å². The van der Waals surface area contributed by atoms with Gasteiger partial charge in [0, 0.05) is 38.3 Å². The summed E-state index contributed by atoms with van der Waals surface area (Å²) < 4.78 is 0. The molecule has 5 nitrogen and oxygen atoms in total. The molecule has 0 aliphatic carbocycles. The number of benzene rings is 2. The van der Waals surface area contributed by atoms with E-state index in [4.69, 9.17) is 11.6 Å². The number of carbonyl (C=O) groups excluding carboxylic acids is 2. The van der Waals surface area contributed by atoms with Crippen molar-refractivity contribution in [1.29, 1.82) is 0 Å². The highest BCUT2D eigenvalue weighted by molar-refractivity contribution is 6.33. The number of halogens is 1. The zero-order valence-corrected chi connectivity index (χ0v) is 16.3. The molecule has 0 aromatic heterocycles. The van der Waals surface area contributed by atoms with E-state index in [-0.39, 0.29) is 30.2 Å². The Balaban J connectivity index is 1.57. The molecular formula is C21H24ClN3O2. The summed E-state index contributed by atoms with van der Waals surface area (Å²) in [6, 6.07) is 17.2. The van der Waals surface area contributed by atoms with Crippen LogP contribution in [-0.2, 0) is 9.59 Å². The second-order valence-electron chi connectivity index (χ2n) is 6.98. The SMILES string of the molecule is C[C@H](CN(C)c1ccccc1)NC(=O)[C@@H]1CC(=O)N(c2ccccc2Cl)C1. The van der Waals surface area contributed by atoms with Crippen molar-refractivity contribution in [3.8, 4) is 0 Å². The molecule has 2 aromatic carbocycles. The second-order valence-corrected chi connectivity index (χ2v) is 7.39. The molecule has 1 N–H and O–H groups in total. The van der Waals surface area contributed by atoms with Gasteiger partial charge in [0.25, 0.3) is 0 Å². The molecule has 0 saturated carbocycles. The number of likely N-dealkylation sites (N-methyl/N-ethyl adjacent to an activating group) is 1. The Hall–Kier alpha value is -2.53. The summed E-state index contributed by atoms with van der Waals surface area (Å²) in [5.41, 5.74) is 1.76. The first kappa shape index (κ1) is 19.2. The molecule has 0 bridgehead atoms. The van der Waals surface area contributed by atoms with Gasteiger partial charge in [-0.2, -0.15) is 0 Å². The zero-order valence-electron chi connectivity index (χ0n) is 15.6. The lowest BCUT2D eigenvalue weighted by atomic mass is 10.1. The smallest absolute Gasteiger partial charge is 0.227 e. The van der Waals surface area contributed by atoms with Gasteiger partial charge in [0.15, 0.2) is 0 Å². The lowest BCUT2D eigenvalue weighted by Crippen LogP contribution is -2.43. The second kappa shape index (κ2) is 8.44. The largest absolute Gasteiger partial charge is 0.373 e. The minimum Gasteiger partial charge on any atom is -0.373 e. The highest BCUT2D eigenvalue weighted by Gasteiger charge is 2.36. The predicted molar refractivity (Wildman–Crippen MR) is 109 cm³/mol. The Morgan fingerprint density at radius 1 is 1.22 bits per heavy atom. The van der Waals surface area contributed by atoms with Crippen molar-refractivity contribution >= 4 is 34.8 Å². The molecule has 2 aromatic rings. The minimum atomic E-state index is -0.363. The molecule has 1 fully saturated rings. The first-order valence-corrected chi connectivity index (χ1v) is 9.45. The number of para-hydroxylation sites is 2. The van der Waals surface area contributed by atoms with E-state index in [2.05, 4.69) is 10.2 Å². The molecular weight excluding hydrogens is 362 g/mol. The van der Waals surface area contributed by atoms with Crippen LogP contribution in [0.5, 0.6) is 0 Å². The third kappa shape index (κ3) is 4.61. The van der Waals surface area contributed by atoms with E-state index in [1.807, 2.05) is 56.4 Å². The number of amides is 2. The Morgan fingerprint density at radius 3 is 2.59 bits per heavy atom. The van der Waals surface area contributed by atoms with Crippen molar-refractivity contribution in [2.75, 3.05) is 29.9 Å². The maximum atomic E-state index is 12.6. The van der Waals surface area contributed by atoms with E-state index in [1.165, 1.54) is 0 Å². The van der Waals surface area contributed by atoms with Crippen LogP contribution < -0.4 is 15.1 Å². The maximum absolute atomic E-state index is 12.6. The Kier molecular flexibility index (Phi) is 6.01. The number of rotatable bonds is 6. The fourth-order valence-electron chi connectivity index (χ4n) is 3.39. The number of carbonyl (C=O) groups is 2. The molecule has 2 atom stereocenters. The average Bonchev–Trinajstić information content (AvgIpc) is 3.04. The van der Waals surface area contributed by atoms with Crippen LogP contribution in [0.4, 0.5) is 11.4 Å². The van der Waals surface area contributed by atoms with Crippen molar-refractivity contribution in [3.05, 3.63) is 59.6 Å². The van der Waals surface area contributed by atoms with Crippen LogP contribution in [-0.4, -0.2) is 38.0 Å². The van der Waals surface area contributed by atoms with Crippen LogP contribution in [0.15, 0.2) is 54.6 Å². The van der Waals surface area contributed by atoms with Gasteiger partial charge in [0.05, 0.1) is 16.6 Å². The molecule has 142 valence electrons. The standard InChI is InChI=1S/C21H24ClN3O2/c1-15(13-24(2)17-8-4-3-5-9-17)23-21(27)16-12-20(26)25(14-16)19-11-7-6-10-18(19)22/h3-11,15-16H,12-14H2,1-2H3,(H,23,27)/t15-,16-/m1/s1. The van der Waals surface area contributed by atoms with E-state index in [1.54, 1.807) is 17.0 Å². The van der Waals surface area contributed by atoms with Crippen molar-refractivity contribution < 1.29 is 9.59 Å². The molecule has 0 radical (unpaired) electrons. The van der Waals surface area contributed by atoms with Gasteiger partial charge in [-0.1, -0.05) is 41.9 Å². The number of nitrogens with one attached hydrogen (secondary N) is 1. The van der Waals surface area contributed by atoms with Gasteiger partial charge in [-0.3, -0.25) is 9.59 Å². The van der Waals surface area contributed by atoms with Crippen molar-refractivity contribution in [2.45, 2.75) is 19.4 Å². The minimum absolute atomic E-state index is 0.0350. The zero-order chi connectivity index (χ0) is 19.4. The summed E-state index contributed by atoms with van der Waals surface area (Å²) in [6.07, 6.45) is 0.207. The highest BCUT2D eigenvalue weighted by Crippen LogP contribution is 2.31. The number of nitrogens with zero attached hydrogens (tertiary/aromatic N) is 2. The first-order chi connectivity index (χ1) is 13.0. The third-order valence-corrected chi connectivity index (χ3v) is 5.09. The summed E-state index contributed by atoms with van der Waals surface area (Å²) in [5.74, 6) is -0.526. The van der Waals surface area contributed by atoms with Crippen molar-refractivity contribution in [2.24, 2.45) is 5.92 Å². The van der Waals surface area contributed by atoms with E-state index in [0.717, 1.165) is 5.69 Å². The molecule has 3 rings (SSSR count). The summed E-state index contributed by atoms with van der Waals surface area (Å²) >= 11 is 6.20. The fraction of sp³-hybridized carbons (Fsp3) is 0.333. The summed E-state index contributed by atoms with van der Waals surface area (Å²) in [6.45, 7) is 3.01.